The van der Waals surface area contributed by atoms with Crippen LogP contribution in [0.15, 0.2) is 11.3 Å². The molecule has 0 saturated heterocycles. The van der Waals surface area contributed by atoms with Crippen molar-refractivity contribution < 1.29 is 17.9 Å². The molecule has 0 aromatic rings. The van der Waals surface area contributed by atoms with Crippen LogP contribution in [-0.4, -0.2) is 12.8 Å². The van der Waals surface area contributed by atoms with Gasteiger partial charge in [-0.05, 0) is 31.3 Å². The number of hydrogen-bond acceptors (Lipinski definition) is 3. The Labute approximate surface area is 103 Å². The highest BCUT2D eigenvalue weighted by Crippen LogP contribution is 2.30. The van der Waals surface area contributed by atoms with Crippen LogP contribution in [-0.2, 0) is 4.74 Å². The molecule has 0 aromatic carbocycles. The Hall–Kier alpha value is -1.69. The standard InChI is InChI=1S/C12H13F3N2O/c13-12(14,15)5-6-18-11(8-17)10-3-1-9(7-16)2-4-10/h9H,1-6H2. The lowest BCUT2D eigenvalue weighted by Gasteiger charge is -2.19. The summed E-state index contributed by atoms with van der Waals surface area (Å²) in [6.45, 7) is -0.530. The second-order valence-corrected chi connectivity index (χ2v) is 4.16. The second-order valence-electron chi connectivity index (χ2n) is 4.16. The maximum Gasteiger partial charge on any atom is 0.392 e. The zero-order chi connectivity index (χ0) is 13.6. The van der Waals surface area contributed by atoms with E-state index in [-0.39, 0.29) is 11.7 Å². The van der Waals surface area contributed by atoms with Crippen molar-refractivity contribution in [2.45, 2.75) is 38.3 Å². The molecule has 0 amide bonds. The van der Waals surface area contributed by atoms with Crippen LogP contribution in [0.5, 0.6) is 0 Å². The predicted molar refractivity (Wildman–Crippen MR) is 56.8 cm³/mol. The summed E-state index contributed by atoms with van der Waals surface area (Å²) < 4.78 is 40.7. The predicted octanol–water partition coefficient (Wildman–Crippen LogP) is 3.45. The van der Waals surface area contributed by atoms with E-state index in [2.05, 4.69) is 6.07 Å². The van der Waals surface area contributed by atoms with E-state index >= 15 is 0 Å². The Balaban J connectivity index is 2.51. The number of nitriles is 2. The number of allylic oxidation sites excluding steroid dienone is 2. The summed E-state index contributed by atoms with van der Waals surface area (Å²) in [5, 5.41) is 17.6. The zero-order valence-electron chi connectivity index (χ0n) is 9.76. The summed E-state index contributed by atoms with van der Waals surface area (Å²) >= 11 is 0. The minimum absolute atomic E-state index is 0.00404. The average Bonchev–Trinajstić information content (AvgIpc) is 2.34. The van der Waals surface area contributed by atoms with E-state index in [0.29, 0.717) is 25.7 Å². The SMILES string of the molecule is N#CC(OCCC(F)(F)F)=C1CCC(C#N)CC1. The molecular weight excluding hydrogens is 245 g/mol. The fourth-order valence-corrected chi connectivity index (χ4v) is 1.80. The maximum atomic E-state index is 11.9. The summed E-state index contributed by atoms with van der Waals surface area (Å²) in [5.41, 5.74) is 0.728. The lowest BCUT2D eigenvalue weighted by Crippen LogP contribution is -2.13. The second kappa shape index (κ2) is 6.30. The Morgan fingerprint density at radius 2 is 1.89 bits per heavy atom. The summed E-state index contributed by atoms with van der Waals surface area (Å²) in [4.78, 5) is 0. The van der Waals surface area contributed by atoms with Gasteiger partial charge in [-0.15, -0.1) is 0 Å². The molecule has 0 heterocycles. The van der Waals surface area contributed by atoms with Crippen LogP contribution < -0.4 is 0 Å². The molecular formula is C12H13F3N2O. The van der Waals surface area contributed by atoms with Crippen molar-refractivity contribution in [1.29, 1.82) is 10.5 Å². The highest BCUT2D eigenvalue weighted by Gasteiger charge is 2.27. The molecule has 0 unspecified atom stereocenters. The molecule has 1 fully saturated rings. The number of ether oxygens (including phenoxy) is 1. The summed E-state index contributed by atoms with van der Waals surface area (Å²) in [7, 11) is 0. The third-order valence-electron chi connectivity index (χ3n) is 2.83. The Bertz CT molecular complexity index is 391. The quantitative estimate of drug-likeness (QED) is 0.575. The lowest BCUT2D eigenvalue weighted by molar-refractivity contribution is -0.142. The lowest BCUT2D eigenvalue weighted by atomic mass is 9.86. The van der Waals surface area contributed by atoms with Crippen LogP contribution in [0.1, 0.15) is 32.1 Å². The molecule has 0 spiro atoms. The molecule has 1 rings (SSSR count). The van der Waals surface area contributed by atoms with Crippen LogP contribution in [0.4, 0.5) is 13.2 Å². The van der Waals surface area contributed by atoms with Gasteiger partial charge in [-0.1, -0.05) is 0 Å². The fraction of sp³-hybridized carbons (Fsp3) is 0.667. The van der Waals surface area contributed by atoms with Crippen molar-refractivity contribution in [2.75, 3.05) is 6.61 Å². The van der Waals surface area contributed by atoms with Crippen LogP contribution in [0.3, 0.4) is 0 Å². The smallest absolute Gasteiger partial charge is 0.392 e. The number of nitrogens with zero attached hydrogens (tertiary/aromatic N) is 2. The summed E-state index contributed by atoms with van der Waals surface area (Å²) in [6, 6.07) is 3.95. The van der Waals surface area contributed by atoms with Crippen molar-refractivity contribution in [1.82, 2.24) is 0 Å². The highest BCUT2D eigenvalue weighted by molar-refractivity contribution is 5.23. The van der Waals surface area contributed by atoms with Crippen molar-refractivity contribution in [3.63, 3.8) is 0 Å². The zero-order valence-corrected chi connectivity index (χ0v) is 9.76. The van der Waals surface area contributed by atoms with Gasteiger partial charge in [0.1, 0.15) is 6.07 Å². The van der Waals surface area contributed by atoms with Gasteiger partial charge in [0.2, 0.25) is 0 Å². The molecule has 6 heteroatoms. The number of hydrogen-bond donors (Lipinski definition) is 0. The van der Waals surface area contributed by atoms with Crippen LogP contribution in [0.25, 0.3) is 0 Å². The van der Waals surface area contributed by atoms with Crippen LogP contribution in [0.2, 0.25) is 0 Å². The van der Waals surface area contributed by atoms with Crippen LogP contribution in [0, 0.1) is 28.6 Å². The number of halogens is 3. The largest absolute Gasteiger partial charge is 0.483 e. The van der Waals surface area contributed by atoms with E-state index in [4.69, 9.17) is 15.3 Å². The highest BCUT2D eigenvalue weighted by atomic mass is 19.4. The normalized spacial score (nSPS) is 19.8. The van der Waals surface area contributed by atoms with E-state index in [1.165, 1.54) is 0 Å². The monoisotopic (exact) mass is 258 g/mol. The van der Waals surface area contributed by atoms with Crippen molar-refractivity contribution in [2.24, 2.45) is 5.92 Å². The maximum absolute atomic E-state index is 11.9. The van der Waals surface area contributed by atoms with E-state index in [0.717, 1.165) is 5.57 Å². The third kappa shape index (κ3) is 4.67. The van der Waals surface area contributed by atoms with Crippen molar-refractivity contribution in [3.05, 3.63) is 11.3 Å². The molecule has 1 saturated carbocycles. The van der Waals surface area contributed by atoms with Gasteiger partial charge in [0, 0.05) is 5.92 Å². The number of rotatable bonds is 3. The van der Waals surface area contributed by atoms with Gasteiger partial charge in [-0.3, -0.25) is 0 Å². The van der Waals surface area contributed by atoms with Crippen LogP contribution >= 0.6 is 0 Å². The molecule has 0 aliphatic heterocycles. The molecule has 0 aromatic heterocycles. The molecule has 98 valence electrons. The molecule has 1 aliphatic rings. The van der Waals surface area contributed by atoms with E-state index in [1.54, 1.807) is 6.07 Å². The van der Waals surface area contributed by atoms with Crippen molar-refractivity contribution >= 4 is 0 Å². The van der Waals surface area contributed by atoms with Gasteiger partial charge in [0.05, 0.1) is 19.1 Å². The van der Waals surface area contributed by atoms with Gasteiger partial charge in [-0.25, -0.2) is 0 Å². The molecule has 0 radical (unpaired) electrons. The molecule has 0 atom stereocenters. The van der Waals surface area contributed by atoms with Crippen molar-refractivity contribution in [3.8, 4) is 12.1 Å². The Kier molecular flexibility index (Phi) is 5.03. The topological polar surface area (TPSA) is 56.8 Å². The molecule has 0 bridgehead atoms. The van der Waals surface area contributed by atoms with E-state index in [1.807, 2.05) is 0 Å². The molecule has 0 N–H and O–H groups in total. The van der Waals surface area contributed by atoms with Gasteiger partial charge in [0.25, 0.3) is 0 Å². The van der Waals surface area contributed by atoms with Gasteiger partial charge in [0.15, 0.2) is 5.76 Å². The Morgan fingerprint density at radius 3 is 2.33 bits per heavy atom. The van der Waals surface area contributed by atoms with Gasteiger partial charge in [-0.2, -0.15) is 23.7 Å². The first-order chi connectivity index (χ1) is 8.46. The first kappa shape index (κ1) is 14.4. The average molecular weight is 258 g/mol. The fourth-order valence-electron chi connectivity index (χ4n) is 1.80. The molecule has 18 heavy (non-hydrogen) atoms. The molecule has 3 nitrogen and oxygen atoms in total. The molecule has 1 aliphatic carbocycles. The Morgan fingerprint density at radius 1 is 1.28 bits per heavy atom. The summed E-state index contributed by atoms with van der Waals surface area (Å²) in [6.07, 6.45) is -2.96. The van der Waals surface area contributed by atoms with Gasteiger partial charge >= 0.3 is 6.18 Å². The summed E-state index contributed by atoms with van der Waals surface area (Å²) in [5.74, 6) is -0.0282. The first-order valence-corrected chi connectivity index (χ1v) is 5.67. The van der Waals surface area contributed by atoms with E-state index < -0.39 is 19.2 Å². The third-order valence-corrected chi connectivity index (χ3v) is 2.83. The minimum atomic E-state index is -4.27. The first-order valence-electron chi connectivity index (χ1n) is 5.67. The van der Waals surface area contributed by atoms with Gasteiger partial charge < -0.3 is 4.74 Å². The number of alkyl halides is 3. The minimum Gasteiger partial charge on any atom is -0.483 e. The van der Waals surface area contributed by atoms with E-state index in [9.17, 15) is 13.2 Å².